The normalized spacial score (nSPS) is 12.8. The summed E-state index contributed by atoms with van der Waals surface area (Å²) in [6, 6.07) is 14.4. The molecule has 0 heterocycles. The molecule has 2 N–H and O–H groups in total. The van der Waals surface area contributed by atoms with Gasteiger partial charge in [-0.15, -0.1) is 0 Å². The maximum absolute atomic E-state index is 12.4. The van der Waals surface area contributed by atoms with Crippen molar-refractivity contribution >= 4 is 11.9 Å². The number of methoxy groups -OCH3 is 1. The molecule has 5 heteroatoms. The highest BCUT2D eigenvalue weighted by atomic mass is 16.5. The van der Waals surface area contributed by atoms with Gasteiger partial charge >= 0.3 is 0 Å². The smallest absolute Gasteiger partial charge is 0.185 e. The fourth-order valence-corrected chi connectivity index (χ4v) is 2.40. The Morgan fingerprint density at radius 1 is 1.14 bits per heavy atom. The number of rotatable bonds is 9. The lowest BCUT2D eigenvalue weighted by Crippen LogP contribution is -2.42. The second kappa shape index (κ2) is 10.1. The highest BCUT2D eigenvalue weighted by Crippen LogP contribution is 2.16. The Hall–Kier alpha value is -2.63. The number of hydrogen-bond acceptors (Lipinski definition) is 5. The number of β-amino-alcohol motifs (C(OH)–C–C–N with tert-alkyl or cyclic N) is 1. The van der Waals surface area contributed by atoms with Crippen molar-refractivity contribution in [3.8, 4) is 11.5 Å². The van der Waals surface area contributed by atoms with E-state index in [2.05, 4.69) is 5.32 Å². The van der Waals surface area contributed by atoms with Gasteiger partial charge in [0.1, 0.15) is 24.2 Å². The fraction of sp³-hybridized carbons (Fsp3) is 0.348. The lowest BCUT2D eigenvalue weighted by molar-refractivity contribution is 0.0996. The second-order valence-corrected chi connectivity index (χ2v) is 7.59. The zero-order valence-electron chi connectivity index (χ0n) is 16.9. The van der Waals surface area contributed by atoms with Crippen LogP contribution < -0.4 is 14.8 Å². The van der Waals surface area contributed by atoms with Gasteiger partial charge in [-0.1, -0.05) is 30.3 Å². The minimum atomic E-state index is -0.631. The molecule has 5 nitrogen and oxygen atoms in total. The van der Waals surface area contributed by atoms with Gasteiger partial charge in [0.25, 0.3) is 0 Å². The summed E-state index contributed by atoms with van der Waals surface area (Å²) in [7, 11) is 1.61. The van der Waals surface area contributed by atoms with Crippen LogP contribution in [0.1, 0.15) is 36.7 Å². The SMILES string of the molecule is COc1ccc(C=CC(=O)c2cccc(OCC(O)CNC(C)(C)C)c2)cc1. The molecule has 1 unspecified atom stereocenters. The van der Waals surface area contributed by atoms with Crippen LogP contribution in [-0.4, -0.2) is 42.8 Å². The number of carbonyl (C=O) groups excluding carboxylic acids is 1. The van der Waals surface area contributed by atoms with Gasteiger partial charge in [0.05, 0.1) is 7.11 Å². The van der Waals surface area contributed by atoms with Crippen LogP contribution in [0.3, 0.4) is 0 Å². The van der Waals surface area contributed by atoms with Crippen LogP contribution in [0, 0.1) is 0 Å². The first-order valence-electron chi connectivity index (χ1n) is 9.29. The third kappa shape index (κ3) is 7.55. The van der Waals surface area contributed by atoms with E-state index in [4.69, 9.17) is 9.47 Å². The minimum Gasteiger partial charge on any atom is -0.497 e. The first-order chi connectivity index (χ1) is 13.3. The molecule has 2 rings (SSSR count). The minimum absolute atomic E-state index is 0.0659. The van der Waals surface area contributed by atoms with E-state index in [0.717, 1.165) is 11.3 Å². The molecule has 2 aromatic carbocycles. The number of allylic oxidation sites excluding steroid dienone is 1. The number of nitrogens with one attached hydrogen (secondary N) is 1. The van der Waals surface area contributed by atoms with Crippen LogP contribution >= 0.6 is 0 Å². The van der Waals surface area contributed by atoms with Gasteiger partial charge in [-0.2, -0.15) is 0 Å². The Kier molecular flexibility index (Phi) is 7.79. The van der Waals surface area contributed by atoms with Crippen molar-refractivity contribution in [2.75, 3.05) is 20.3 Å². The van der Waals surface area contributed by atoms with E-state index in [1.54, 1.807) is 37.5 Å². The summed E-state index contributed by atoms with van der Waals surface area (Å²) in [5.41, 5.74) is 1.38. The van der Waals surface area contributed by atoms with Crippen LogP contribution in [0.5, 0.6) is 11.5 Å². The molecule has 0 spiro atoms. The van der Waals surface area contributed by atoms with E-state index >= 15 is 0 Å². The van der Waals surface area contributed by atoms with Gasteiger partial charge in [0.15, 0.2) is 5.78 Å². The molecule has 0 bridgehead atoms. The first kappa shape index (κ1) is 21.7. The molecule has 0 fully saturated rings. The van der Waals surface area contributed by atoms with Crippen LogP contribution in [0.15, 0.2) is 54.6 Å². The number of hydrogen-bond donors (Lipinski definition) is 2. The number of carbonyl (C=O) groups is 1. The first-order valence-corrected chi connectivity index (χ1v) is 9.29. The topological polar surface area (TPSA) is 67.8 Å². The van der Waals surface area contributed by atoms with Crippen molar-refractivity contribution in [2.24, 2.45) is 0 Å². The molecule has 0 saturated heterocycles. The molecule has 28 heavy (non-hydrogen) atoms. The number of benzene rings is 2. The Morgan fingerprint density at radius 3 is 2.50 bits per heavy atom. The molecule has 0 radical (unpaired) electrons. The van der Waals surface area contributed by atoms with Crippen LogP contribution in [-0.2, 0) is 0 Å². The van der Waals surface area contributed by atoms with Crippen LogP contribution in [0.25, 0.3) is 6.08 Å². The van der Waals surface area contributed by atoms with Gasteiger partial charge in [0, 0.05) is 17.6 Å². The predicted octanol–water partition coefficient (Wildman–Crippen LogP) is 3.72. The predicted molar refractivity (Wildman–Crippen MR) is 112 cm³/mol. The molecule has 150 valence electrons. The van der Waals surface area contributed by atoms with E-state index in [1.807, 2.05) is 45.0 Å². The van der Waals surface area contributed by atoms with E-state index in [9.17, 15) is 9.90 Å². The van der Waals surface area contributed by atoms with E-state index in [0.29, 0.717) is 17.9 Å². The molecular weight excluding hydrogens is 354 g/mol. The highest BCUT2D eigenvalue weighted by molar-refractivity contribution is 6.07. The molecule has 0 saturated carbocycles. The number of aliphatic hydroxyl groups excluding tert-OH is 1. The zero-order chi connectivity index (χ0) is 20.6. The van der Waals surface area contributed by atoms with Crippen molar-refractivity contribution in [2.45, 2.75) is 32.4 Å². The molecular formula is C23H29NO4. The third-order valence-corrected chi connectivity index (χ3v) is 3.97. The molecule has 0 amide bonds. The van der Waals surface area contributed by atoms with Gasteiger partial charge < -0.3 is 19.9 Å². The van der Waals surface area contributed by atoms with Crippen LogP contribution in [0.4, 0.5) is 0 Å². The summed E-state index contributed by atoms with van der Waals surface area (Å²) >= 11 is 0. The molecule has 0 aromatic heterocycles. The quantitative estimate of drug-likeness (QED) is 0.510. The highest BCUT2D eigenvalue weighted by Gasteiger charge is 2.13. The summed E-state index contributed by atoms with van der Waals surface area (Å²) in [6.07, 6.45) is 2.66. The van der Waals surface area contributed by atoms with E-state index in [1.165, 1.54) is 6.08 Å². The largest absolute Gasteiger partial charge is 0.497 e. The number of ketones is 1. The standard InChI is InChI=1S/C23H29NO4/c1-23(2,3)24-15-19(25)16-28-21-7-5-6-18(14-21)22(26)13-10-17-8-11-20(27-4)12-9-17/h5-14,19,24-25H,15-16H2,1-4H3. The van der Waals surface area contributed by atoms with Crippen molar-refractivity contribution in [1.82, 2.24) is 5.32 Å². The van der Waals surface area contributed by atoms with Crippen molar-refractivity contribution < 1.29 is 19.4 Å². The number of aliphatic hydroxyl groups is 1. The lowest BCUT2D eigenvalue weighted by atomic mass is 10.1. The summed E-state index contributed by atoms with van der Waals surface area (Å²) in [4.78, 5) is 12.4. The van der Waals surface area contributed by atoms with Crippen LogP contribution in [0.2, 0.25) is 0 Å². The fourth-order valence-electron chi connectivity index (χ4n) is 2.40. The molecule has 1 atom stereocenters. The summed E-state index contributed by atoms with van der Waals surface area (Å²) < 4.78 is 10.8. The van der Waals surface area contributed by atoms with E-state index < -0.39 is 6.10 Å². The van der Waals surface area contributed by atoms with Gasteiger partial charge in [-0.25, -0.2) is 0 Å². The number of ether oxygens (including phenoxy) is 2. The average molecular weight is 383 g/mol. The lowest BCUT2D eigenvalue weighted by Gasteiger charge is -2.23. The molecule has 2 aromatic rings. The van der Waals surface area contributed by atoms with Gasteiger partial charge in [0.2, 0.25) is 0 Å². The second-order valence-electron chi connectivity index (χ2n) is 7.59. The molecule has 0 aliphatic heterocycles. The Morgan fingerprint density at radius 2 is 1.86 bits per heavy atom. The maximum Gasteiger partial charge on any atom is 0.185 e. The Balaban J connectivity index is 1.92. The average Bonchev–Trinajstić information content (AvgIpc) is 2.69. The van der Waals surface area contributed by atoms with E-state index in [-0.39, 0.29) is 17.9 Å². The Bertz CT molecular complexity index is 791. The van der Waals surface area contributed by atoms with Gasteiger partial charge in [-0.05, 0) is 56.7 Å². The Labute approximate surface area is 167 Å². The van der Waals surface area contributed by atoms with Crippen molar-refractivity contribution in [3.63, 3.8) is 0 Å². The summed E-state index contributed by atoms with van der Waals surface area (Å²) in [6.45, 7) is 6.70. The van der Waals surface area contributed by atoms with Crippen molar-refractivity contribution in [3.05, 3.63) is 65.7 Å². The maximum atomic E-state index is 12.4. The van der Waals surface area contributed by atoms with Gasteiger partial charge in [-0.3, -0.25) is 4.79 Å². The van der Waals surface area contributed by atoms with Crippen molar-refractivity contribution in [1.29, 1.82) is 0 Å². The third-order valence-electron chi connectivity index (χ3n) is 3.97. The zero-order valence-corrected chi connectivity index (χ0v) is 16.9. The summed E-state index contributed by atoms with van der Waals surface area (Å²) in [5, 5.41) is 13.3. The molecule has 0 aliphatic carbocycles. The summed E-state index contributed by atoms with van der Waals surface area (Å²) in [5.74, 6) is 1.21. The monoisotopic (exact) mass is 383 g/mol. The molecule has 0 aliphatic rings.